The number of nitrogens with one attached hydrogen (secondary N) is 2. The summed E-state index contributed by atoms with van der Waals surface area (Å²) < 4.78 is 28.3. The van der Waals surface area contributed by atoms with Gasteiger partial charge in [-0.05, 0) is 42.9 Å². The van der Waals surface area contributed by atoms with Crippen molar-refractivity contribution < 1.29 is 18.5 Å². The van der Waals surface area contributed by atoms with Crippen molar-refractivity contribution in [2.45, 2.75) is 32.1 Å². The van der Waals surface area contributed by atoms with Gasteiger partial charge in [-0.25, -0.2) is 4.98 Å². The Bertz CT molecular complexity index is 846. The number of hydrogen-bond donors (Lipinski definition) is 1. The molecule has 2 rings (SSSR count). The van der Waals surface area contributed by atoms with Gasteiger partial charge in [0.25, 0.3) is 10.0 Å². The lowest BCUT2D eigenvalue weighted by atomic mass is 10.1. The average Bonchev–Trinajstić information content (AvgIpc) is 2.46. The zero-order valence-corrected chi connectivity index (χ0v) is 14.7. The van der Waals surface area contributed by atoms with E-state index >= 15 is 0 Å². The van der Waals surface area contributed by atoms with E-state index in [1.807, 2.05) is 45.0 Å². The Kier molecular flexibility index (Phi) is 5.56. The molecule has 0 unspecified atom stereocenters. The number of anilines is 2. The summed E-state index contributed by atoms with van der Waals surface area (Å²) in [7, 11) is -4.08. The largest absolute Gasteiger partial charge is 0.861 e. The number of aryl methyl sites for hydroxylation is 1. The minimum atomic E-state index is -4.08. The molecule has 0 spiro atoms. The Morgan fingerprint density at radius 1 is 1.33 bits per heavy atom. The summed E-state index contributed by atoms with van der Waals surface area (Å²) in [4.78, 5) is 2.66. The van der Waals surface area contributed by atoms with E-state index in [0.717, 1.165) is 11.3 Å². The maximum absolute atomic E-state index is 12.5. The SMILES string of the molecule is Cc1cccc(Nc2cc[nH+]cc2S(=O)(=O)N=C([O-])CC(C)C)c1. The van der Waals surface area contributed by atoms with Crippen LogP contribution in [0.4, 0.5) is 11.4 Å². The van der Waals surface area contributed by atoms with Crippen molar-refractivity contribution in [3.05, 3.63) is 48.3 Å². The van der Waals surface area contributed by atoms with Crippen molar-refractivity contribution in [2.24, 2.45) is 10.3 Å². The van der Waals surface area contributed by atoms with E-state index in [4.69, 9.17) is 0 Å². The summed E-state index contributed by atoms with van der Waals surface area (Å²) in [6, 6.07) is 9.14. The number of sulfonamides is 1. The second kappa shape index (κ2) is 7.44. The van der Waals surface area contributed by atoms with Gasteiger partial charge >= 0.3 is 0 Å². The van der Waals surface area contributed by atoms with Crippen molar-refractivity contribution in [3.8, 4) is 0 Å². The summed E-state index contributed by atoms with van der Waals surface area (Å²) in [5.41, 5.74) is 2.16. The van der Waals surface area contributed by atoms with Gasteiger partial charge in [-0.1, -0.05) is 26.0 Å². The number of H-pyrrole nitrogens is 1. The number of hydrogen-bond acceptors (Lipinski definition) is 4. The van der Waals surface area contributed by atoms with Gasteiger partial charge in [0.1, 0.15) is 0 Å². The van der Waals surface area contributed by atoms with Crippen LogP contribution in [-0.2, 0) is 10.0 Å². The molecule has 6 nitrogen and oxygen atoms in total. The van der Waals surface area contributed by atoms with E-state index < -0.39 is 15.9 Å². The fourth-order valence-corrected chi connectivity index (χ4v) is 3.23. The molecule has 0 atom stereocenters. The molecule has 2 N–H and O–H groups in total. The predicted octanol–water partition coefficient (Wildman–Crippen LogP) is 2.05. The monoisotopic (exact) mass is 347 g/mol. The van der Waals surface area contributed by atoms with Crippen LogP contribution in [0.2, 0.25) is 0 Å². The zero-order valence-electron chi connectivity index (χ0n) is 13.9. The maximum atomic E-state index is 12.5. The number of nitrogens with zero attached hydrogens (tertiary/aromatic N) is 1. The van der Waals surface area contributed by atoms with Crippen molar-refractivity contribution in [1.82, 2.24) is 0 Å². The molecular weight excluding hydrogens is 326 g/mol. The van der Waals surface area contributed by atoms with Gasteiger partial charge in [0, 0.05) is 11.8 Å². The highest BCUT2D eigenvalue weighted by molar-refractivity contribution is 7.90. The summed E-state index contributed by atoms with van der Waals surface area (Å²) in [5, 5.41) is 14.8. The van der Waals surface area contributed by atoms with Crippen LogP contribution in [0.5, 0.6) is 0 Å². The molecule has 0 aliphatic heterocycles. The van der Waals surface area contributed by atoms with Crippen LogP contribution in [0.3, 0.4) is 0 Å². The van der Waals surface area contributed by atoms with E-state index in [9.17, 15) is 13.5 Å². The van der Waals surface area contributed by atoms with Crippen LogP contribution in [0.25, 0.3) is 0 Å². The van der Waals surface area contributed by atoms with Gasteiger partial charge in [-0.3, -0.25) is 0 Å². The van der Waals surface area contributed by atoms with Gasteiger partial charge in [0.15, 0.2) is 17.3 Å². The van der Waals surface area contributed by atoms with Crippen LogP contribution in [0.15, 0.2) is 52.0 Å². The Hall–Kier alpha value is -2.41. The van der Waals surface area contributed by atoms with Gasteiger partial charge < -0.3 is 10.4 Å². The van der Waals surface area contributed by atoms with Gasteiger partial charge in [0.05, 0.1) is 5.69 Å². The van der Waals surface area contributed by atoms with E-state index in [-0.39, 0.29) is 17.2 Å². The molecule has 1 heterocycles. The number of aromatic nitrogens is 1. The third-order valence-electron chi connectivity index (χ3n) is 3.21. The Morgan fingerprint density at radius 3 is 2.75 bits per heavy atom. The molecule has 128 valence electrons. The van der Waals surface area contributed by atoms with Crippen LogP contribution in [-0.4, -0.2) is 14.3 Å². The molecule has 0 aliphatic carbocycles. The highest BCUT2D eigenvalue weighted by Crippen LogP contribution is 2.25. The molecule has 24 heavy (non-hydrogen) atoms. The number of aromatic amines is 1. The van der Waals surface area contributed by atoms with E-state index in [2.05, 4.69) is 14.7 Å². The summed E-state index contributed by atoms with van der Waals surface area (Å²) in [6.45, 7) is 5.61. The Labute approximate surface area is 142 Å². The molecule has 0 bridgehead atoms. The molecular formula is C17H21N3O3S. The summed E-state index contributed by atoms with van der Waals surface area (Å²) in [6.07, 6.45) is 3.02. The predicted molar refractivity (Wildman–Crippen MR) is 91.5 cm³/mol. The first-order valence-electron chi connectivity index (χ1n) is 7.62. The Balaban J connectivity index is 2.37. The molecule has 1 aromatic heterocycles. The second-order valence-electron chi connectivity index (χ2n) is 5.97. The lowest BCUT2D eigenvalue weighted by Gasteiger charge is -2.13. The molecule has 1 aromatic carbocycles. The molecule has 0 radical (unpaired) electrons. The standard InChI is InChI=1S/C17H21N3O3S/c1-12(2)9-17(21)20-24(22,23)16-11-18-8-7-15(16)19-14-6-4-5-13(3)10-14/h4-8,10-12H,9H2,1-3H3,(H,18,19)(H,20,21). The molecule has 0 amide bonds. The quantitative estimate of drug-likeness (QED) is 0.639. The minimum absolute atomic E-state index is 0.0451. The highest BCUT2D eigenvalue weighted by atomic mass is 32.2. The first-order valence-corrected chi connectivity index (χ1v) is 9.06. The number of benzene rings is 1. The lowest BCUT2D eigenvalue weighted by Crippen LogP contribution is -2.22. The van der Waals surface area contributed by atoms with Crippen molar-refractivity contribution in [2.75, 3.05) is 5.32 Å². The van der Waals surface area contributed by atoms with Crippen LogP contribution in [0.1, 0.15) is 25.8 Å². The van der Waals surface area contributed by atoms with Gasteiger partial charge in [-0.15, -0.1) is 0 Å². The molecule has 0 saturated heterocycles. The topological polar surface area (TPSA) is 95.7 Å². The third kappa shape index (κ3) is 4.79. The average molecular weight is 347 g/mol. The van der Waals surface area contributed by atoms with Crippen LogP contribution >= 0.6 is 0 Å². The second-order valence-corrected chi connectivity index (χ2v) is 7.55. The summed E-state index contributed by atoms with van der Waals surface area (Å²) >= 11 is 0. The fraction of sp³-hybridized carbons (Fsp3) is 0.294. The van der Waals surface area contributed by atoms with E-state index in [1.165, 1.54) is 6.20 Å². The zero-order chi connectivity index (χ0) is 17.7. The van der Waals surface area contributed by atoms with Crippen molar-refractivity contribution in [1.29, 1.82) is 0 Å². The first kappa shape index (κ1) is 17.9. The lowest BCUT2D eigenvalue weighted by molar-refractivity contribution is -0.380. The minimum Gasteiger partial charge on any atom is -0.861 e. The number of pyridine rings is 1. The normalized spacial score (nSPS) is 12.4. The maximum Gasteiger partial charge on any atom is 0.289 e. The molecule has 0 fully saturated rings. The molecule has 0 aliphatic rings. The summed E-state index contributed by atoms with van der Waals surface area (Å²) in [5.74, 6) is -0.598. The van der Waals surface area contributed by atoms with E-state index in [1.54, 1.807) is 12.3 Å². The number of rotatable bonds is 6. The molecule has 0 saturated carbocycles. The van der Waals surface area contributed by atoms with Gasteiger partial charge in [-0.2, -0.15) is 12.8 Å². The highest BCUT2D eigenvalue weighted by Gasteiger charge is 2.20. The van der Waals surface area contributed by atoms with Crippen molar-refractivity contribution >= 4 is 27.3 Å². The van der Waals surface area contributed by atoms with E-state index in [0.29, 0.717) is 5.69 Å². The van der Waals surface area contributed by atoms with Crippen molar-refractivity contribution in [3.63, 3.8) is 0 Å². The van der Waals surface area contributed by atoms with Crippen LogP contribution in [0, 0.1) is 12.8 Å². The molecule has 2 aromatic rings. The van der Waals surface area contributed by atoms with Gasteiger partial charge in [0.2, 0.25) is 0 Å². The van der Waals surface area contributed by atoms with Crippen LogP contribution < -0.4 is 15.4 Å². The fourth-order valence-electron chi connectivity index (χ4n) is 2.18. The molecule has 7 heteroatoms. The Morgan fingerprint density at radius 2 is 2.08 bits per heavy atom. The first-order chi connectivity index (χ1) is 11.3. The third-order valence-corrected chi connectivity index (χ3v) is 4.54. The smallest absolute Gasteiger partial charge is 0.289 e.